The highest BCUT2D eigenvalue weighted by Crippen LogP contribution is 2.32. The summed E-state index contributed by atoms with van der Waals surface area (Å²) in [4.78, 5) is 38.9. The molecule has 1 saturated heterocycles. The zero-order valence-electron chi connectivity index (χ0n) is 15.8. The van der Waals surface area contributed by atoms with Gasteiger partial charge in [-0.15, -0.1) is 0 Å². The zero-order chi connectivity index (χ0) is 19.5. The van der Waals surface area contributed by atoms with E-state index in [1.165, 1.54) is 0 Å². The van der Waals surface area contributed by atoms with Gasteiger partial charge in [-0.2, -0.15) is 0 Å². The fraction of sp³-hybridized carbons (Fsp3) is 0.348. The van der Waals surface area contributed by atoms with E-state index in [1.54, 1.807) is 24.3 Å². The largest absolute Gasteiger partial charge is 0.339 e. The van der Waals surface area contributed by atoms with Crippen LogP contribution in [0.1, 0.15) is 46.4 Å². The van der Waals surface area contributed by atoms with Crippen LogP contribution in [0.3, 0.4) is 0 Å². The molecule has 0 spiro atoms. The van der Waals surface area contributed by atoms with Crippen LogP contribution in [-0.4, -0.2) is 35.6 Å². The van der Waals surface area contributed by atoms with Gasteiger partial charge in [-0.1, -0.05) is 18.2 Å². The number of ketones is 1. The van der Waals surface area contributed by atoms with Crippen molar-refractivity contribution in [3.63, 3.8) is 0 Å². The van der Waals surface area contributed by atoms with Gasteiger partial charge in [-0.05, 0) is 62.1 Å². The lowest BCUT2D eigenvalue weighted by Crippen LogP contribution is -2.41. The SMILES string of the molecule is O=C(Nc1ccc(C(=O)C2CC2)cc1)C1CCN(C(=O)c2ccccc2)CC1. The molecule has 1 aliphatic heterocycles. The van der Waals surface area contributed by atoms with Crippen LogP contribution in [-0.2, 0) is 4.79 Å². The normalized spacial score (nSPS) is 17.2. The van der Waals surface area contributed by atoms with Crippen LogP contribution in [0.5, 0.6) is 0 Å². The van der Waals surface area contributed by atoms with Crippen LogP contribution < -0.4 is 5.32 Å². The lowest BCUT2D eigenvalue weighted by molar-refractivity contribution is -0.121. The molecule has 28 heavy (non-hydrogen) atoms. The van der Waals surface area contributed by atoms with Gasteiger partial charge in [0.1, 0.15) is 0 Å². The van der Waals surface area contributed by atoms with Crippen molar-refractivity contribution in [3.8, 4) is 0 Å². The van der Waals surface area contributed by atoms with Gasteiger partial charge in [0, 0.05) is 41.7 Å². The number of hydrogen-bond acceptors (Lipinski definition) is 3. The number of nitrogens with zero attached hydrogens (tertiary/aromatic N) is 1. The Balaban J connectivity index is 1.29. The number of piperidine rings is 1. The minimum absolute atomic E-state index is 0.0203. The van der Waals surface area contributed by atoms with E-state index in [2.05, 4.69) is 5.32 Å². The van der Waals surface area contributed by atoms with Crippen molar-refractivity contribution in [1.29, 1.82) is 0 Å². The highest BCUT2D eigenvalue weighted by molar-refractivity contribution is 6.00. The molecule has 0 aromatic heterocycles. The summed E-state index contributed by atoms with van der Waals surface area (Å²) in [7, 11) is 0. The molecule has 1 aliphatic carbocycles. The summed E-state index contributed by atoms with van der Waals surface area (Å²) >= 11 is 0. The van der Waals surface area contributed by atoms with Crippen LogP contribution in [0.4, 0.5) is 5.69 Å². The smallest absolute Gasteiger partial charge is 0.253 e. The summed E-state index contributed by atoms with van der Waals surface area (Å²) in [6, 6.07) is 16.4. The molecule has 1 heterocycles. The predicted molar refractivity (Wildman–Crippen MR) is 107 cm³/mol. The highest BCUT2D eigenvalue weighted by atomic mass is 16.2. The number of benzene rings is 2. The maximum absolute atomic E-state index is 12.6. The second-order valence-electron chi connectivity index (χ2n) is 7.64. The molecule has 2 aromatic rings. The Morgan fingerprint density at radius 1 is 0.750 bits per heavy atom. The van der Waals surface area contributed by atoms with Crippen LogP contribution in [0, 0.1) is 11.8 Å². The molecule has 1 N–H and O–H groups in total. The van der Waals surface area contributed by atoms with E-state index in [0.29, 0.717) is 42.7 Å². The first-order valence-electron chi connectivity index (χ1n) is 9.91. The molecule has 0 unspecified atom stereocenters. The summed E-state index contributed by atoms with van der Waals surface area (Å²) in [5.74, 6) is 0.300. The molecule has 0 atom stereocenters. The lowest BCUT2D eigenvalue weighted by Gasteiger charge is -2.31. The van der Waals surface area contributed by atoms with Crippen molar-refractivity contribution in [3.05, 3.63) is 65.7 Å². The van der Waals surface area contributed by atoms with Gasteiger partial charge >= 0.3 is 0 Å². The number of carbonyl (C=O) groups is 3. The van der Waals surface area contributed by atoms with Crippen molar-refractivity contribution in [1.82, 2.24) is 4.90 Å². The number of anilines is 1. The maximum Gasteiger partial charge on any atom is 0.253 e. The highest BCUT2D eigenvalue weighted by Gasteiger charge is 2.30. The maximum atomic E-state index is 12.6. The molecule has 0 bridgehead atoms. The number of Topliss-reactive ketones (excluding diaryl/α,β-unsaturated/α-hetero) is 1. The molecule has 1 saturated carbocycles. The Kier molecular flexibility index (Phi) is 5.24. The van der Waals surface area contributed by atoms with Crippen molar-refractivity contribution in [2.45, 2.75) is 25.7 Å². The summed E-state index contributed by atoms with van der Waals surface area (Å²) in [5, 5.41) is 2.94. The lowest BCUT2D eigenvalue weighted by atomic mass is 9.95. The standard InChI is InChI=1S/C23H24N2O3/c26-21(16-6-7-16)17-8-10-20(11-9-17)24-22(27)18-12-14-25(15-13-18)23(28)19-4-2-1-3-5-19/h1-5,8-11,16,18H,6-7,12-15H2,(H,24,27). The molecule has 0 radical (unpaired) electrons. The average molecular weight is 376 g/mol. The second kappa shape index (κ2) is 7.97. The number of hydrogen-bond donors (Lipinski definition) is 1. The second-order valence-corrected chi connectivity index (χ2v) is 7.64. The summed E-state index contributed by atoms with van der Waals surface area (Å²) in [5.41, 5.74) is 2.11. The number of rotatable bonds is 5. The van der Waals surface area contributed by atoms with Gasteiger partial charge in [0.05, 0.1) is 0 Å². The molecular weight excluding hydrogens is 352 g/mol. The molecule has 144 valence electrons. The van der Waals surface area contributed by atoms with Gasteiger partial charge in [-0.3, -0.25) is 14.4 Å². The van der Waals surface area contributed by atoms with E-state index in [1.807, 2.05) is 35.2 Å². The minimum atomic E-state index is -0.104. The fourth-order valence-corrected chi connectivity index (χ4v) is 3.65. The van der Waals surface area contributed by atoms with E-state index in [4.69, 9.17) is 0 Å². The molecule has 2 amide bonds. The topological polar surface area (TPSA) is 66.5 Å². The van der Waals surface area contributed by atoms with E-state index < -0.39 is 0 Å². The van der Waals surface area contributed by atoms with E-state index in [9.17, 15) is 14.4 Å². The van der Waals surface area contributed by atoms with Crippen LogP contribution in [0.25, 0.3) is 0 Å². The fourth-order valence-electron chi connectivity index (χ4n) is 3.65. The zero-order valence-corrected chi connectivity index (χ0v) is 15.8. The van der Waals surface area contributed by atoms with Gasteiger partial charge in [0.25, 0.3) is 5.91 Å². The predicted octanol–water partition coefficient (Wildman–Crippen LogP) is 3.77. The number of carbonyl (C=O) groups excluding carboxylic acids is 3. The summed E-state index contributed by atoms with van der Waals surface area (Å²) < 4.78 is 0. The van der Waals surface area contributed by atoms with Gasteiger partial charge in [0.2, 0.25) is 5.91 Å². The summed E-state index contributed by atoms with van der Waals surface area (Å²) in [6.07, 6.45) is 3.29. The Bertz CT molecular complexity index is 864. The molecule has 2 fully saturated rings. The third-order valence-electron chi connectivity index (χ3n) is 5.56. The average Bonchev–Trinajstić information content (AvgIpc) is 3.59. The summed E-state index contributed by atoms with van der Waals surface area (Å²) in [6.45, 7) is 1.17. The van der Waals surface area contributed by atoms with Gasteiger partial charge in [0.15, 0.2) is 5.78 Å². The van der Waals surface area contributed by atoms with E-state index in [-0.39, 0.29) is 29.4 Å². The number of likely N-dealkylation sites (tertiary alicyclic amines) is 1. The Labute approximate surface area is 164 Å². The minimum Gasteiger partial charge on any atom is -0.339 e. The molecule has 4 rings (SSSR count). The van der Waals surface area contributed by atoms with Crippen molar-refractivity contribution in [2.75, 3.05) is 18.4 Å². The van der Waals surface area contributed by atoms with Gasteiger partial charge < -0.3 is 10.2 Å². The van der Waals surface area contributed by atoms with Crippen molar-refractivity contribution < 1.29 is 14.4 Å². The Morgan fingerprint density at radius 2 is 1.39 bits per heavy atom. The van der Waals surface area contributed by atoms with Crippen molar-refractivity contribution >= 4 is 23.3 Å². The Hall–Kier alpha value is -2.95. The first-order chi connectivity index (χ1) is 13.6. The van der Waals surface area contributed by atoms with Crippen LogP contribution in [0.2, 0.25) is 0 Å². The molecule has 2 aliphatic rings. The first-order valence-corrected chi connectivity index (χ1v) is 9.91. The molecule has 2 aromatic carbocycles. The third-order valence-corrected chi connectivity index (χ3v) is 5.56. The third kappa shape index (κ3) is 4.14. The molecule has 5 nitrogen and oxygen atoms in total. The molecule has 5 heteroatoms. The molecular formula is C23H24N2O3. The number of amides is 2. The number of nitrogens with one attached hydrogen (secondary N) is 1. The quantitative estimate of drug-likeness (QED) is 0.808. The van der Waals surface area contributed by atoms with E-state index in [0.717, 1.165) is 12.8 Å². The van der Waals surface area contributed by atoms with Crippen molar-refractivity contribution in [2.24, 2.45) is 11.8 Å². The Morgan fingerprint density at radius 3 is 2.00 bits per heavy atom. The monoisotopic (exact) mass is 376 g/mol. The first kappa shape index (κ1) is 18.4. The van der Waals surface area contributed by atoms with Gasteiger partial charge in [-0.25, -0.2) is 0 Å². The van der Waals surface area contributed by atoms with Crippen LogP contribution in [0.15, 0.2) is 54.6 Å². The van der Waals surface area contributed by atoms with Crippen LogP contribution >= 0.6 is 0 Å². The van der Waals surface area contributed by atoms with E-state index >= 15 is 0 Å².